The molecular formula is C19H19NO3. The van der Waals surface area contributed by atoms with Gasteiger partial charge in [0, 0.05) is 12.4 Å². The molecule has 1 atom stereocenters. The van der Waals surface area contributed by atoms with Gasteiger partial charge in [0.15, 0.2) is 0 Å². The number of hydrogen-bond acceptors (Lipinski definition) is 3. The van der Waals surface area contributed by atoms with Gasteiger partial charge < -0.3 is 14.4 Å². The summed E-state index contributed by atoms with van der Waals surface area (Å²) >= 11 is 0. The lowest BCUT2D eigenvalue weighted by Gasteiger charge is -2.18. The molecule has 0 aliphatic rings. The topological polar surface area (TPSA) is 53.7 Å². The second kappa shape index (κ2) is 6.67. The zero-order valence-electron chi connectivity index (χ0n) is 13.0. The molecule has 0 fully saturated rings. The van der Waals surface area contributed by atoms with Crippen molar-refractivity contribution in [3.63, 3.8) is 0 Å². The Morgan fingerprint density at radius 2 is 1.83 bits per heavy atom. The first kappa shape index (κ1) is 15.3. The number of carbonyl (C=O) groups is 1. The third-order valence-corrected chi connectivity index (χ3v) is 3.85. The average Bonchev–Trinajstić information content (AvgIpc) is 2.97. The third kappa shape index (κ3) is 3.60. The lowest BCUT2D eigenvalue weighted by atomic mass is 10.1. The van der Waals surface area contributed by atoms with E-state index in [9.17, 15) is 9.90 Å². The molecular weight excluding hydrogens is 290 g/mol. The highest BCUT2D eigenvalue weighted by atomic mass is 16.3. The zero-order valence-corrected chi connectivity index (χ0v) is 13.0. The van der Waals surface area contributed by atoms with Crippen LogP contribution in [-0.4, -0.2) is 23.0 Å². The highest BCUT2D eigenvalue weighted by molar-refractivity contribution is 5.79. The van der Waals surface area contributed by atoms with Gasteiger partial charge in [-0.15, -0.1) is 0 Å². The SMILES string of the molecule is CN(Cc1cc2ccccc2o1)C(=O)CC(O)c1ccccc1. The van der Waals surface area contributed by atoms with Crippen molar-refractivity contribution < 1.29 is 14.3 Å². The first-order chi connectivity index (χ1) is 11.1. The Morgan fingerprint density at radius 1 is 1.13 bits per heavy atom. The smallest absolute Gasteiger partial charge is 0.225 e. The van der Waals surface area contributed by atoms with E-state index >= 15 is 0 Å². The van der Waals surface area contributed by atoms with Crippen LogP contribution in [-0.2, 0) is 11.3 Å². The van der Waals surface area contributed by atoms with Gasteiger partial charge in [0.05, 0.1) is 19.1 Å². The fraction of sp³-hybridized carbons (Fsp3) is 0.211. The van der Waals surface area contributed by atoms with Crippen molar-refractivity contribution in [2.75, 3.05) is 7.05 Å². The molecule has 1 N–H and O–H groups in total. The summed E-state index contributed by atoms with van der Waals surface area (Å²) in [4.78, 5) is 13.8. The summed E-state index contributed by atoms with van der Waals surface area (Å²) in [5.41, 5.74) is 1.56. The predicted molar refractivity (Wildman–Crippen MR) is 88.7 cm³/mol. The second-order valence-electron chi connectivity index (χ2n) is 5.63. The van der Waals surface area contributed by atoms with Crippen molar-refractivity contribution in [1.82, 2.24) is 4.90 Å². The number of aliphatic hydroxyl groups excluding tert-OH is 1. The molecule has 0 bridgehead atoms. The van der Waals surface area contributed by atoms with Crippen molar-refractivity contribution in [2.24, 2.45) is 0 Å². The highest BCUT2D eigenvalue weighted by Gasteiger charge is 2.17. The van der Waals surface area contributed by atoms with Crippen LogP contribution < -0.4 is 0 Å². The quantitative estimate of drug-likeness (QED) is 0.784. The number of aliphatic hydroxyl groups is 1. The molecule has 0 spiro atoms. The molecule has 4 heteroatoms. The van der Waals surface area contributed by atoms with Crippen LogP contribution in [0.25, 0.3) is 11.0 Å². The van der Waals surface area contributed by atoms with Crippen LogP contribution in [0.3, 0.4) is 0 Å². The third-order valence-electron chi connectivity index (χ3n) is 3.85. The van der Waals surface area contributed by atoms with Gasteiger partial charge in [-0.2, -0.15) is 0 Å². The van der Waals surface area contributed by atoms with Crippen LogP contribution in [0.2, 0.25) is 0 Å². The number of furan rings is 1. The van der Waals surface area contributed by atoms with E-state index in [-0.39, 0.29) is 12.3 Å². The summed E-state index contributed by atoms with van der Waals surface area (Å²) in [6.07, 6.45) is -0.734. The van der Waals surface area contributed by atoms with E-state index in [0.717, 1.165) is 22.3 Å². The molecule has 0 aliphatic carbocycles. The van der Waals surface area contributed by atoms with E-state index < -0.39 is 6.10 Å². The van der Waals surface area contributed by atoms with E-state index in [1.807, 2.05) is 60.7 Å². The molecule has 4 nitrogen and oxygen atoms in total. The molecule has 0 saturated heterocycles. The van der Waals surface area contributed by atoms with Crippen LogP contribution in [0.15, 0.2) is 65.1 Å². The standard InChI is InChI=1S/C19H19NO3/c1-20(13-16-11-15-9-5-6-10-18(15)23-16)19(22)12-17(21)14-7-3-2-4-8-14/h2-11,17,21H,12-13H2,1H3. The van der Waals surface area contributed by atoms with E-state index in [0.29, 0.717) is 6.54 Å². The van der Waals surface area contributed by atoms with Crippen molar-refractivity contribution in [3.8, 4) is 0 Å². The van der Waals surface area contributed by atoms with E-state index in [1.54, 1.807) is 11.9 Å². The molecule has 1 unspecified atom stereocenters. The number of para-hydroxylation sites is 1. The van der Waals surface area contributed by atoms with Crippen molar-refractivity contribution >= 4 is 16.9 Å². The fourth-order valence-corrected chi connectivity index (χ4v) is 2.55. The van der Waals surface area contributed by atoms with Crippen LogP contribution >= 0.6 is 0 Å². The van der Waals surface area contributed by atoms with Gasteiger partial charge in [-0.3, -0.25) is 4.79 Å². The Morgan fingerprint density at radius 3 is 2.57 bits per heavy atom. The summed E-state index contributed by atoms with van der Waals surface area (Å²) in [6.45, 7) is 0.384. The van der Waals surface area contributed by atoms with Gasteiger partial charge in [-0.25, -0.2) is 0 Å². The Bertz CT molecular complexity index is 761. The van der Waals surface area contributed by atoms with Gasteiger partial charge in [-0.1, -0.05) is 48.5 Å². The molecule has 2 aromatic carbocycles. The van der Waals surface area contributed by atoms with Crippen molar-refractivity contribution in [1.29, 1.82) is 0 Å². The lowest BCUT2D eigenvalue weighted by Crippen LogP contribution is -2.27. The number of hydrogen-bond donors (Lipinski definition) is 1. The van der Waals surface area contributed by atoms with E-state index in [1.165, 1.54) is 0 Å². The fourth-order valence-electron chi connectivity index (χ4n) is 2.55. The number of carbonyl (C=O) groups excluding carboxylic acids is 1. The van der Waals surface area contributed by atoms with Crippen LogP contribution in [0.4, 0.5) is 0 Å². The molecule has 0 aliphatic heterocycles. The van der Waals surface area contributed by atoms with Gasteiger partial charge in [0.2, 0.25) is 5.91 Å². The molecule has 1 amide bonds. The van der Waals surface area contributed by atoms with Crippen LogP contribution in [0.1, 0.15) is 23.8 Å². The largest absolute Gasteiger partial charge is 0.459 e. The Hall–Kier alpha value is -2.59. The Balaban J connectivity index is 1.63. The van der Waals surface area contributed by atoms with Gasteiger partial charge in [0.25, 0.3) is 0 Å². The number of fused-ring (bicyclic) bond motifs is 1. The summed E-state index contributed by atoms with van der Waals surface area (Å²) in [5, 5.41) is 11.2. The van der Waals surface area contributed by atoms with Gasteiger partial charge >= 0.3 is 0 Å². The van der Waals surface area contributed by atoms with Gasteiger partial charge in [0.1, 0.15) is 11.3 Å². The Labute approximate surface area is 135 Å². The number of nitrogens with zero attached hydrogens (tertiary/aromatic N) is 1. The summed E-state index contributed by atoms with van der Waals surface area (Å²) in [5.74, 6) is 0.609. The molecule has 118 valence electrons. The number of rotatable bonds is 5. The van der Waals surface area contributed by atoms with Crippen LogP contribution in [0, 0.1) is 0 Å². The van der Waals surface area contributed by atoms with Gasteiger partial charge in [-0.05, 0) is 17.7 Å². The van der Waals surface area contributed by atoms with E-state index in [2.05, 4.69) is 0 Å². The lowest BCUT2D eigenvalue weighted by molar-refractivity contribution is -0.132. The molecule has 23 heavy (non-hydrogen) atoms. The minimum absolute atomic E-state index is 0.0563. The zero-order chi connectivity index (χ0) is 16.2. The monoisotopic (exact) mass is 309 g/mol. The molecule has 1 aromatic heterocycles. The first-order valence-electron chi connectivity index (χ1n) is 7.58. The summed E-state index contributed by atoms with van der Waals surface area (Å²) in [6, 6.07) is 18.9. The number of benzene rings is 2. The maximum Gasteiger partial charge on any atom is 0.225 e. The normalized spacial score (nSPS) is 12.3. The van der Waals surface area contributed by atoms with Crippen molar-refractivity contribution in [2.45, 2.75) is 19.1 Å². The highest BCUT2D eigenvalue weighted by Crippen LogP contribution is 2.21. The molecule has 3 rings (SSSR count). The minimum atomic E-state index is -0.790. The second-order valence-corrected chi connectivity index (χ2v) is 5.63. The predicted octanol–water partition coefficient (Wildman–Crippen LogP) is 3.51. The minimum Gasteiger partial charge on any atom is -0.459 e. The molecule has 0 saturated carbocycles. The summed E-state index contributed by atoms with van der Waals surface area (Å²) < 4.78 is 5.72. The maximum absolute atomic E-state index is 12.3. The molecule has 1 heterocycles. The number of amides is 1. The molecule has 3 aromatic rings. The van der Waals surface area contributed by atoms with E-state index in [4.69, 9.17) is 4.42 Å². The Kier molecular flexibility index (Phi) is 4.44. The average molecular weight is 309 g/mol. The molecule has 0 radical (unpaired) electrons. The summed E-state index contributed by atoms with van der Waals surface area (Å²) in [7, 11) is 1.72. The first-order valence-corrected chi connectivity index (χ1v) is 7.58. The maximum atomic E-state index is 12.3. The van der Waals surface area contributed by atoms with Crippen molar-refractivity contribution in [3.05, 3.63) is 72.0 Å². The van der Waals surface area contributed by atoms with Crippen LogP contribution in [0.5, 0.6) is 0 Å².